The van der Waals surface area contributed by atoms with Gasteiger partial charge in [0.1, 0.15) is 19.8 Å². The summed E-state index contributed by atoms with van der Waals surface area (Å²) in [6.45, 7) is 3.28. The third-order valence-corrected chi connectivity index (χ3v) is 6.28. The number of rotatable bonds is 23. The third-order valence-electron chi connectivity index (χ3n) is 5.29. The smallest absolute Gasteiger partial charge is 0.462 e. The van der Waals surface area contributed by atoms with Crippen molar-refractivity contribution in [2.24, 2.45) is 0 Å². The van der Waals surface area contributed by atoms with Gasteiger partial charge < -0.3 is 18.9 Å². The van der Waals surface area contributed by atoms with Crippen LogP contribution < -0.4 is 0 Å². The van der Waals surface area contributed by atoms with Crippen LogP contribution in [0.1, 0.15) is 84.5 Å². The highest BCUT2D eigenvalue weighted by Crippen LogP contribution is 2.43. The molecule has 37 heavy (non-hydrogen) atoms. The zero-order chi connectivity index (χ0) is 28.0. The van der Waals surface area contributed by atoms with Gasteiger partial charge in [-0.3, -0.25) is 18.6 Å². The van der Waals surface area contributed by atoms with Crippen LogP contribution in [-0.4, -0.2) is 74.9 Å². The molecule has 0 radical (unpaired) electrons. The number of phosphoric ester groups is 1. The number of phosphoric acid groups is 1. The van der Waals surface area contributed by atoms with Crippen molar-refractivity contribution < 1.29 is 42.1 Å². The average Bonchev–Trinajstić information content (AvgIpc) is 2.80. The summed E-state index contributed by atoms with van der Waals surface area (Å²) >= 11 is 0. The molecule has 0 aliphatic carbocycles. The lowest BCUT2D eigenvalue weighted by Crippen LogP contribution is -2.37. The van der Waals surface area contributed by atoms with Gasteiger partial charge in [-0.2, -0.15) is 0 Å². The van der Waals surface area contributed by atoms with Gasteiger partial charge in [0.2, 0.25) is 0 Å². The lowest BCUT2D eigenvalue weighted by Gasteiger charge is -2.24. The maximum absolute atomic E-state index is 12.2. The van der Waals surface area contributed by atoms with Crippen molar-refractivity contribution in [1.29, 1.82) is 0 Å². The molecular formula is C27H51NO8P+. The SMILES string of the molecule is CCCC/C=C\C/C=C\CCCCCCCC(=O)OC(COC(C)=O)COP(=O)(O)OCC[N+](C)(C)C. The first-order chi connectivity index (χ1) is 17.4. The number of nitrogens with zero attached hydrogens (tertiary/aromatic N) is 1. The summed E-state index contributed by atoms with van der Waals surface area (Å²) in [5.74, 6) is -1.01. The Bertz CT molecular complexity index is 718. The Labute approximate surface area is 224 Å². The van der Waals surface area contributed by atoms with E-state index in [2.05, 4.69) is 31.2 Å². The molecule has 0 fully saturated rings. The third kappa shape index (κ3) is 25.9. The number of ether oxygens (including phenoxy) is 2. The normalized spacial score (nSPS) is 14.6. The van der Waals surface area contributed by atoms with E-state index >= 15 is 0 Å². The number of hydrogen-bond donors (Lipinski definition) is 1. The van der Waals surface area contributed by atoms with Gasteiger partial charge in [0.15, 0.2) is 6.10 Å². The van der Waals surface area contributed by atoms with Crippen molar-refractivity contribution in [3.63, 3.8) is 0 Å². The molecule has 0 spiro atoms. The summed E-state index contributed by atoms with van der Waals surface area (Å²) in [5.41, 5.74) is 0. The highest BCUT2D eigenvalue weighted by Gasteiger charge is 2.26. The van der Waals surface area contributed by atoms with Gasteiger partial charge in [0, 0.05) is 13.3 Å². The van der Waals surface area contributed by atoms with E-state index in [0.29, 0.717) is 17.4 Å². The van der Waals surface area contributed by atoms with Gasteiger partial charge in [0.05, 0.1) is 27.7 Å². The first kappa shape index (κ1) is 35.5. The van der Waals surface area contributed by atoms with E-state index in [1.54, 1.807) is 0 Å². The molecule has 0 aromatic rings. The molecule has 0 saturated heterocycles. The first-order valence-corrected chi connectivity index (χ1v) is 15.0. The van der Waals surface area contributed by atoms with E-state index in [4.69, 9.17) is 18.5 Å². The molecule has 0 aliphatic rings. The molecule has 0 aliphatic heterocycles. The fourth-order valence-electron chi connectivity index (χ4n) is 3.11. The lowest BCUT2D eigenvalue weighted by atomic mass is 10.1. The zero-order valence-electron chi connectivity index (χ0n) is 23.7. The molecule has 0 bridgehead atoms. The van der Waals surface area contributed by atoms with Crippen LogP contribution in [0, 0.1) is 0 Å². The maximum atomic E-state index is 12.2. The molecular weight excluding hydrogens is 497 g/mol. The highest BCUT2D eigenvalue weighted by atomic mass is 31.2. The number of likely N-dealkylation sites (N-methyl/N-ethyl adjacent to an activating group) is 1. The minimum Gasteiger partial charge on any atom is -0.462 e. The van der Waals surface area contributed by atoms with Crippen molar-refractivity contribution >= 4 is 19.8 Å². The minimum absolute atomic E-state index is 0.0262. The van der Waals surface area contributed by atoms with Crippen LogP contribution in [-0.2, 0) is 32.7 Å². The van der Waals surface area contributed by atoms with Gasteiger partial charge >= 0.3 is 19.8 Å². The monoisotopic (exact) mass is 548 g/mol. The fourth-order valence-corrected chi connectivity index (χ4v) is 3.85. The fraction of sp³-hybridized carbons (Fsp3) is 0.778. The van der Waals surface area contributed by atoms with Crippen LogP contribution in [0.5, 0.6) is 0 Å². The molecule has 0 saturated carbocycles. The minimum atomic E-state index is -4.33. The lowest BCUT2D eigenvalue weighted by molar-refractivity contribution is -0.870. The second kappa shape index (κ2) is 21.4. The number of unbranched alkanes of at least 4 members (excludes halogenated alkanes) is 7. The van der Waals surface area contributed by atoms with Crippen molar-refractivity contribution in [2.45, 2.75) is 90.6 Å². The quantitative estimate of drug-likeness (QED) is 0.0567. The van der Waals surface area contributed by atoms with Crippen molar-refractivity contribution in [3.8, 4) is 0 Å². The molecule has 0 aromatic carbocycles. The first-order valence-electron chi connectivity index (χ1n) is 13.5. The van der Waals surface area contributed by atoms with Crippen LogP contribution in [0.4, 0.5) is 0 Å². The summed E-state index contributed by atoms with van der Waals surface area (Å²) in [6.07, 6.45) is 18.7. The van der Waals surface area contributed by atoms with Crippen molar-refractivity contribution in [1.82, 2.24) is 0 Å². The predicted octanol–water partition coefficient (Wildman–Crippen LogP) is 5.72. The van der Waals surface area contributed by atoms with Crippen LogP contribution in [0.2, 0.25) is 0 Å². The molecule has 0 rings (SSSR count). The Morgan fingerprint density at radius 2 is 1.51 bits per heavy atom. The summed E-state index contributed by atoms with van der Waals surface area (Å²) in [5, 5.41) is 0. The molecule has 10 heteroatoms. The van der Waals surface area contributed by atoms with Crippen molar-refractivity contribution in [3.05, 3.63) is 24.3 Å². The largest absolute Gasteiger partial charge is 0.472 e. The van der Waals surface area contributed by atoms with Gasteiger partial charge in [-0.25, -0.2) is 4.57 Å². The molecule has 0 amide bonds. The molecule has 216 valence electrons. The Hall–Kier alpha value is -1.51. The standard InChI is InChI=1S/C27H50NO8P/c1-6-7-8-9-10-11-12-13-14-15-16-17-18-19-20-27(30)36-26(23-33-25(2)29)24-35-37(31,32)34-22-21-28(3,4)5/h9-10,12-13,26H,6-8,11,14-24H2,1-5H3/p+1/b10-9-,13-12-. The van der Waals surface area contributed by atoms with Gasteiger partial charge in [-0.1, -0.05) is 63.3 Å². The summed E-state index contributed by atoms with van der Waals surface area (Å²) < 4.78 is 32.8. The molecule has 2 atom stereocenters. The molecule has 0 aromatic heterocycles. The molecule has 0 heterocycles. The average molecular weight is 549 g/mol. The molecule has 2 unspecified atom stereocenters. The summed E-state index contributed by atoms with van der Waals surface area (Å²) in [6, 6.07) is 0. The Kier molecular flexibility index (Phi) is 20.6. The number of quaternary nitrogens is 1. The number of carbonyl (C=O) groups is 2. The zero-order valence-corrected chi connectivity index (χ0v) is 24.6. The predicted molar refractivity (Wildman–Crippen MR) is 146 cm³/mol. The highest BCUT2D eigenvalue weighted by molar-refractivity contribution is 7.47. The van der Waals surface area contributed by atoms with Crippen LogP contribution in [0.3, 0.4) is 0 Å². The van der Waals surface area contributed by atoms with Crippen molar-refractivity contribution in [2.75, 3.05) is 47.5 Å². The second-order valence-electron chi connectivity index (χ2n) is 10.2. The number of allylic oxidation sites excluding steroid dienone is 4. The Morgan fingerprint density at radius 3 is 2.14 bits per heavy atom. The van der Waals surface area contributed by atoms with Gasteiger partial charge in [0.25, 0.3) is 0 Å². The maximum Gasteiger partial charge on any atom is 0.472 e. The van der Waals surface area contributed by atoms with E-state index in [1.165, 1.54) is 19.8 Å². The van der Waals surface area contributed by atoms with E-state index in [9.17, 15) is 19.0 Å². The van der Waals surface area contributed by atoms with Crippen LogP contribution in [0.25, 0.3) is 0 Å². The topological polar surface area (TPSA) is 108 Å². The Morgan fingerprint density at radius 1 is 0.892 bits per heavy atom. The number of carbonyl (C=O) groups excluding carboxylic acids is 2. The Balaban J connectivity index is 4.15. The van der Waals surface area contributed by atoms with E-state index < -0.39 is 32.5 Å². The van der Waals surface area contributed by atoms with Crippen LogP contribution in [0.15, 0.2) is 24.3 Å². The summed E-state index contributed by atoms with van der Waals surface area (Å²) in [7, 11) is 1.45. The van der Waals surface area contributed by atoms with Gasteiger partial charge in [-0.15, -0.1) is 0 Å². The second-order valence-corrected chi connectivity index (χ2v) is 11.6. The van der Waals surface area contributed by atoms with Crippen LogP contribution >= 0.6 is 7.82 Å². The molecule has 9 nitrogen and oxygen atoms in total. The van der Waals surface area contributed by atoms with Gasteiger partial charge in [-0.05, 0) is 32.1 Å². The van der Waals surface area contributed by atoms with E-state index in [1.807, 2.05) is 21.1 Å². The van der Waals surface area contributed by atoms with E-state index in [-0.39, 0.29) is 19.6 Å². The summed E-state index contributed by atoms with van der Waals surface area (Å²) in [4.78, 5) is 33.2. The number of hydrogen-bond acceptors (Lipinski definition) is 7. The van der Waals surface area contributed by atoms with E-state index in [0.717, 1.165) is 44.9 Å². The number of esters is 2. The molecule has 1 N–H and O–H groups in total.